The second-order valence-electron chi connectivity index (χ2n) is 17.2. The van der Waals surface area contributed by atoms with E-state index < -0.39 is 75.2 Å². The largest absolute Gasteiger partial charge is 0.496 e. The number of carboxylic acids is 6. The van der Waals surface area contributed by atoms with Crippen molar-refractivity contribution < 1.29 is 92.6 Å². The highest BCUT2D eigenvalue weighted by Gasteiger charge is 2.24. The third-order valence-electron chi connectivity index (χ3n) is 11.2. The Bertz CT molecular complexity index is 2730. The van der Waals surface area contributed by atoms with Crippen molar-refractivity contribution >= 4 is 70.0 Å². The van der Waals surface area contributed by atoms with Gasteiger partial charge in [-0.1, -0.05) is 34.7 Å². The molecule has 0 atom stereocenters. The predicted molar refractivity (Wildman–Crippen MR) is 285 cm³/mol. The average Bonchev–Trinajstić information content (AvgIpc) is 3.40. The minimum Gasteiger partial charge on any atom is -0.496 e. The molecule has 78 heavy (non-hydrogen) atoms. The first-order valence-electron chi connectivity index (χ1n) is 23.4. The number of halogens is 1. The number of ether oxygens (including phenoxy) is 6. The lowest BCUT2D eigenvalue weighted by molar-refractivity contribution is -0.144. The summed E-state index contributed by atoms with van der Waals surface area (Å²) in [5, 5.41) is 60.5. The van der Waals surface area contributed by atoms with Gasteiger partial charge in [-0.05, 0) is 59.5 Å². The van der Waals surface area contributed by atoms with Crippen LogP contribution in [0, 0.1) is 0 Å². The summed E-state index contributed by atoms with van der Waals surface area (Å²) < 4.78 is 34.3. The molecule has 0 aliphatic carbocycles. The third-order valence-corrected chi connectivity index (χ3v) is 11.9. The molecule has 0 aliphatic heterocycles. The molecule has 26 heteroatoms. The van der Waals surface area contributed by atoms with Crippen LogP contribution in [0.25, 0.3) is 22.3 Å². The van der Waals surface area contributed by atoms with E-state index in [4.69, 9.17) is 38.4 Å². The number of anilines is 1. The highest BCUT2D eigenvalue weighted by molar-refractivity contribution is 14.1. The van der Waals surface area contributed by atoms with Crippen LogP contribution in [-0.4, -0.2) is 176 Å². The maximum Gasteiger partial charge on any atom is 0.341 e. The number of carboxylic acid groups (broad SMARTS) is 6. The number of amides is 1. The van der Waals surface area contributed by atoms with Gasteiger partial charge in [0.15, 0.2) is 13.2 Å². The molecule has 5 aromatic rings. The molecule has 0 saturated carbocycles. The van der Waals surface area contributed by atoms with Crippen LogP contribution in [0.5, 0.6) is 34.5 Å². The summed E-state index contributed by atoms with van der Waals surface area (Å²) in [6, 6.07) is 19.7. The van der Waals surface area contributed by atoms with Crippen LogP contribution >= 0.6 is 22.6 Å². The molecule has 0 unspecified atom stereocenters. The number of benzene rings is 3. The summed E-state index contributed by atoms with van der Waals surface area (Å²) >= 11 is 1.96. The van der Waals surface area contributed by atoms with E-state index in [1.807, 2.05) is 39.6 Å². The van der Waals surface area contributed by atoms with Gasteiger partial charge in [0.1, 0.15) is 34.5 Å². The van der Waals surface area contributed by atoms with Crippen molar-refractivity contribution in [2.75, 3.05) is 84.1 Å². The predicted octanol–water partition coefficient (Wildman–Crippen LogP) is 4.33. The van der Waals surface area contributed by atoms with Gasteiger partial charge >= 0.3 is 35.8 Å². The molecule has 5 rings (SSSR count). The van der Waals surface area contributed by atoms with E-state index in [0.717, 1.165) is 5.56 Å². The minimum absolute atomic E-state index is 0.0145. The molecule has 416 valence electrons. The standard InChI is InChI=1S/C52H57IN6O19/c1-73-40-15-38(77-28-49(69)70)16-41(74-2)51(40)31-11-34(54-36(13-31)22-58(24-45(61)62)25-46(63)64)20-57(10-9-30-5-7-33(8-6-30)56-44(60)19-53)21-35-12-32(14-37(55-35)23-59(26-47(65)66)27-48(67)68)52-42(75-3)17-39(18-43(52)76-4)78-29-50(71)72/h5-8,11-18H,9-10,19-29H2,1-4H3,(H,56,60)(H,61,62)(H,63,64)(H,65,66)(H,67,68)(H,69,70)(H,71,72). The number of carbonyl (C=O) groups is 7. The monoisotopic (exact) mass is 1200 g/mol. The smallest absolute Gasteiger partial charge is 0.341 e. The number of nitrogens with one attached hydrogen (secondary N) is 1. The van der Waals surface area contributed by atoms with E-state index in [0.29, 0.717) is 45.7 Å². The number of hydrogen-bond acceptors (Lipinski definition) is 18. The minimum atomic E-state index is -1.29. The molecule has 0 bridgehead atoms. The van der Waals surface area contributed by atoms with E-state index in [9.17, 15) is 64.2 Å². The van der Waals surface area contributed by atoms with Gasteiger partial charge in [-0.2, -0.15) is 0 Å². The quantitative estimate of drug-likeness (QED) is 0.0227. The average molecular weight is 1200 g/mol. The van der Waals surface area contributed by atoms with Gasteiger partial charge in [0.2, 0.25) is 5.91 Å². The molecule has 0 spiro atoms. The molecule has 0 radical (unpaired) electrons. The molecule has 2 aromatic heterocycles. The fourth-order valence-corrected chi connectivity index (χ4v) is 8.37. The lowest BCUT2D eigenvalue weighted by atomic mass is 10.0. The normalized spacial score (nSPS) is 11.0. The maximum absolute atomic E-state index is 12.2. The van der Waals surface area contributed by atoms with E-state index in [2.05, 4.69) is 5.32 Å². The van der Waals surface area contributed by atoms with Crippen LogP contribution in [0.15, 0.2) is 72.8 Å². The van der Waals surface area contributed by atoms with Crippen LogP contribution < -0.4 is 33.7 Å². The van der Waals surface area contributed by atoms with E-state index in [-0.39, 0.29) is 88.9 Å². The topological polar surface area (TPSA) is 344 Å². The van der Waals surface area contributed by atoms with Crippen molar-refractivity contribution in [1.82, 2.24) is 24.7 Å². The van der Waals surface area contributed by atoms with Crippen molar-refractivity contribution in [3.8, 4) is 56.8 Å². The van der Waals surface area contributed by atoms with Gasteiger partial charge in [0.05, 0.1) is 92.9 Å². The molecule has 1 amide bonds. The molecule has 7 N–H and O–H groups in total. The zero-order valence-corrected chi connectivity index (χ0v) is 44.9. The summed E-state index contributed by atoms with van der Waals surface area (Å²) in [5.74, 6) is -6.88. The van der Waals surface area contributed by atoms with E-state index in [1.54, 1.807) is 36.4 Å². The van der Waals surface area contributed by atoms with Gasteiger partial charge in [0.25, 0.3) is 0 Å². The number of methoxy groups -OCH3 is 4. The van der Waals surface area contributed by atoms with E-state index in [1.165, 1.54) is 62.5 Å². The highest BCUT2D eigenvalue weighted by atomic mass is 127. The number of carbonyl (C=O) groups excluding carboxylic acids is 1. The van der Waals surface area contributed by atoms with Crippen molar-refractivity contribution in [2.24, 2.45) is 0 Å². The first-order chi connectivity index (χ1) is 37.2. The van der Waals surface area contributed by atoms with Crippen LogP contribution in [-0.2, 0) is 66.2 Å². The van der Waals surface area contributed by atoms with Gasteiger partial charge < -0.3 is 64.4 Å². The number of aromatic nitrogens is 2. The zero-order chi connectivity index (χ0) is 57.1. The number of nitrogens with zero attached hydrogens (tertiary/aromatic N) is 5. The number of alkyl halides is 1. The Kier molecular flexibility index (Phi) is 22.7. The van der Waals surface area contributed by atoms with Gasteiger partial charge in [0, 0.05) is 62.7 Å². The molecule has 3 aromatic carbocycles. The summed E-state index contributed by atoms with van der Waals surface area (Å²) in [5.41, 5.74) is 4.17. The van der Waals surface area contributed by atoms with Gasteiger partial charge in [-0.25, -0.2) is 9.59 Å². The second-order valence-corrected chi connectivity index (χ2v) is 17.9. The Hall–Kier alpha value is -8.34. The van der Waals surface area contributed by atoms with Crippen LogP contribution in [0.1, 0.15) is 28.3 Å². The summed E-state index contributed by atoms with van der Waals surface area (Å²) in [6.07, 6.45) is 0.397. The van der Waals surface area contributed by atoms with Gasteiger partial charge in [-0.15, -0.1) is 0 Å². The molecular formula is C52H57IN6O19. The van der Waals surface area contributed by atoms with Gasteiger partial charge in [-0.3, -0.25) is 48.6 Å². The number of hydrogen-bond donors (Lipinski definition) is 7. The SMILES string of the molecule is COc1cc(OCC(=O)O)cc(OC)c1-c1cc(CN(CC(=O)O)CC(=O)O)nc(CN(CCc2ccc(NC(=O)CI)cc2)Cc2cc(-c3c(OC)cc(OCC(=O)O)cc3OC)cc(CN(CC(=O)O)CC(=O)O)n2)c1. The van der Waals surface area contributed by atoms with Crippen molar-refractivity contribution in [2.45, 2.75) is 32.6 Å². The summed E-state index contributed by atoms with van der Waals surface area (Å²) in [6.45, 7) is -4.18. The van der Waals surface area contributed by atoms with Crippen molar-refractivity contribution in [1.29, 1.82) is 0 Å². The zero-order valence-electron chi connectivity index (χ0n) is 42.7. The maximum atomic E-state index is 12.2. The molecule has 0 aliphatic rings. The molecular weight excluding hydrogens is 1140 g/mol. The Labute approximate surface area is 460 Å². The van der Waals surface area contributed by atoms with Crippen molar-refractivity contribution in [3.63, 3.8) is 0 Å². The van der Waals surface area contributed by atoms with Crippen molar-refractivity contribution in [3.05, 3.63) is 101 Å². The Morgan fingerprint density at radius 2 is 0.821 bits per heavy atom. The lowest BCUT2D eigenvalue weighted by Crippen LogP contribution is -2.34. The first kappa shape index (κ1) is 60.5. The summed E-state index contributed by atoms with van der Waals surface area (Å²) in [4.78, 5) is 97.1. The third kappa shape index (κ3) is 18.7. The lowest BCUT2D eigenvalue weighted by Gasteiger charge is -2.25. The Balaban J connectivity index is 1.73. The molecule has 25 nitrogen and oxygen atoms in total. The van der Waals surface area contributed by atoms with Crippen LogP contribution in [0.2, 0.25) is 0 Å². The van der Waals surface area contributed by atoms with E-state index >= 15 is 0 Å². The number of aliphatic carboxylic acids is 6. The highest BCUT2D eigenvalue weighted by Crippen LogP contribution is 2.44. The first-order valence-corrected chi connectivity index (χ1v) is 24.9. The Morgan fingerprint density at radius 1 is 0.487 bits per heavy atom. The summed E-state index contributed by atoms with van der Waals surface area (Å²) in [7, 11) is 5.50. The number of rotatable bonds is 33. The van der Waals surface area contributed by atoms with Crippen LogP contribution in [0.3, 0.4) is 0 Å². The molecule has 0 saturated heterocycles. The number of pyridine rings is 2. The Morgan fingerprint density at radius 3 is 1.12 bits per heavy atom. The molecule has 2 heterocycles. The van der Waals surface area contributed by atoms with Crippen LogP contribution in [0.4, 0.5) is 5.69 Å². The second kappa shape index (κ2) is 29.3. The molecule has 0 fully saturated rings. The fraction of sp³-hybridized carbons (Fsp3) is 0.327. The fourth-order valence-electron chi connectivity index (χ4n) is 8.18.